The molecule has 0 saturated carbocycles. The molecule has 1 aliphatic rings. The van der Waals surface area contributed by atoms with Crippen molar-refractivity contribution in [1.29, 1.82) is 0 Å². The molecule has 3 aromatic rings. The van der Waals surface area contributed by atoms with Gasteiger partial charge in [0.05, 0.1) is 11.4 Å². The second-order valence-corrected chi connectivity index (χ2v) is 9.49. The van der Waals surface area contributed by atoms with Gasteiger partial charge in [-0.2, -0.15) is 16.7 Å². The summed E-state index contributed by atoms with van der Waals surface area (Å²) in [7, 11) is 0. The smallest absolute Gasteiger partial charge is 0.234 e. The Morgan fingerprint density at radius 1 is 1.32 bits per heavy atom. The molecule has 0 spiro atoms. The maximum atomic E-state index is 13.8. The van der Waals surface area contributed by atoms with E-state index in [4.69, 9.17) is 11.6 Å². The number of benzene rings is 1. The first-order valence-electron chi connectivity index (χ1n) is 8.42. The number of nitrogens with one attached hydrogen (secondary N) is 1. The van der Waals surface area contributed by atoms with Crippen LogP contribution in [-0.4, -0.2) is 51.2 Å². The largest absolute Gasteiger partial charge is 0.346 e. The maximum absolute atomic E-state index is 13.8. The fourth-order valence-corrected chi connectivity index (χ4v) is 5.63. The van der Waals surface area contributed by atoms with Crippen molar-refractivity contribution in [2.45, 2.75) is 5.03 Å². The van der Waals surface area contributed by atoms with Crippen LogP contribution < -0.4 is 10.2 Å². The SMILES string of the molecule is O=C(CSc1ncnc2nc(N3CCSCC3)sc12)Nc1ccc(Cl)cc1F. The zero-order chi connectivity index (χ0) is 19.5. The van der Waals surface area contributed by atoms with Gasteiger partial charge in [-0.15, -0.1) is 0 Å². The molecule has 0 unspecified atom stereocenters. The van der Waals surface area contributed by atoms with Gasteiger partial charge in [-0.25, -0.2) is 14.4 Å². The summed E-state index contributed by atoms with van der Waals surface area (Å²) in [5, 5.41) is 4.47. The number of thiazole rings is 1. The van der Waals surface area contributed by atoms with Crippen molar-refractivity contribution in [3.63, 3.8) is 0 Å². The van der Waals surface area contributed by atoms with Crippen LogP contribution in [0.1, 0.15) is 0 Å². The number of hydrogen-bond donors (Lipinski definition) is 1. The number of carbonyl (C=O) groups excluding carboxylic acids is 1. The van der Waals surface area contributed by atoms with Crippen molar-refractivity contribution in [1.82, 2.24) is 15.0 Å². The van der Waals surface area contributed by atoms with Crippen molar-refractivity contribution in [3.05, 3.63) is 35.4 Å². The number of hydrogen-bond acceptors (Lipinski definition) is 8. The van der Waals surface area contributed by atoms with Crippen LogP contribution in [-0.2, 0) is 4.79 Å². The molecule has 0 radical (unpaired) electrons. The number of fused-ring (bicyclic) bond motifs is 1. The van der Waals surface area contributed by atoms with E-state index in [-0.39, 0.29) is 22.4 Å². The highest BCUT2D eigenvalue weighted by molar-refractivity contribution is 8.00. The lowest BCUT2D eigenvalue weighted by molar-refractivity contribution is -0.113. The molecule has 3 heterocycles. The summed E-state index contributed by atoms with van der Waals surface area (Å²) in [5.41, 5.74) is 0.741. The molecule has 1 amide bonds. The lowest BCUT2D eigenvalue weighted by Crippen LogP contribution is -2.32. The first-order chi connectivity index (χ1) is 13.6. The van der Waals surface area contributed by atoms with E-state index in [1.807, 2.05) is 11.8 Å². The van der Waals surface area contributed by atoms with Crippen LogP contribution in [0.2, 0.25) is 5.02 Å². The number of carbonyl (C=O) groups is 1. The van der Waals surface area contributed by atoms with Crippen LogP contribution in [0.4, 0.5) is 15.2 Å². The van der Waals surface area contributed by atoms with E-state index in [2.05, 4.69) is 25.2 Å². The highest BCUT2D eigenvalue weighted by atomic mass is 35.5. The summed E-state index contributed by atoms with van der Waals surface area (Å²) < 4.78 is 14.7. The molecular formula is C17H15ClFN5OS3. The van der Waals surface area contributed by atoms with Gasteiger partial charge in [-0.1, -0.05) is 34.7 Å². The lowest BCUT2D eigenvalue weighted by atomic mass is 10.3. The average Bonchev–Trinajstić information content (AvgIpc) is 3.14. The molecule has 28 heavy (non-hydrogen) atoms. The third-order valence-corrected chi connectivity index (χ3v) is 7.38. The van der Waals surface area contributed by atoms with Crippen LogP contribution >= 0.6 is 46.5 Å². The Bertz CT molecular complexity index is 1010. The minimum atomic E-state index is -0.568. The Hall–Kier alpha value is -1.62. The molecular weight excluding hydrogens is 441 g/mol. The van der Waals surface area contributed by atoms with Crippen molar-refractivity contribution >= 4 is 73.5 Å². The van der Waals surface area contributed by atoms with Gasteiger partial charge in [-0.05, 0) is 18.2 Å². The van der Waals surface area contributed by atoms with Crippen molar-refractivity contribution < 1.29 is 9.18 Å². The number of halogens is 2. The Morgan fingerprint density at radius 2 is 2.14 bits per heavy atom. The monoisotopic (exact) mass is 455 g/mol. The molecule has 1 aromatic carbocycles. The third kappa shape index (κ3) is 4.51. The normalized spacial score (nSPS) is 14.4. The van der Waals surface area contributed by atoms with Crippen molar-refractivity contribution in [2.75, 3.05) is 40.6 Å². The molecule has 1 fully saturated rings. The summed E-state index contributed by atoms with van der Waals surface area (Å²) in [6.45, 7) is 1.94. The number of anilines is 2. The third-order valence-electron chi connectivity index (χ3n) is 3.97. The zero-order valence-corrected chi connectivity index (χ0v) is 17.7. The molecule has 146 valence electrons. The van der Waals surface area contributed by atoms with Gasteiger partial charge >= 0.3 is 0 Å². The minimum Gasteiger partial charge on any atom is -0.346 e. The number of amides is 1. The van der Waals surface area contributed by atoms with Gasteiger partial charge in [0.25, 0.3) is 0 Å². The number of aromatic nitrogens is 3. The Kier molecular flexibility index (Phi) is 6.19. The first-order valence-corrected chi connectivity index (χ1v) is 11.8. The topological polar surface area (TPSA) is 71.0 Å². The van der Waals surface area contributed by atoms with E-state index in [9.17, 15) is 9.18 Å². The van der Waals surface area contributed by atoms with E-state index < -0.39 is 5.82 Å². The van der Waals surface area contributed by atoms with Crippen LogP contribution in [0.5, 0.6) is 0 Å². The Morgan fingerprint density at radius 3 is 2.93 bits per heavy atom. The molecule has 1 saturated heterocycles. The standard InChI is InChI=1S/C17H15ClFN5OS3/c18-10-1-2-12(11(19)7-10)22-13(25)8-27-16-14-15(20-9-21-16)23-17(28-14)24-3-5-26-6-4-24/h1-2,7,9H,3-6,8H2,(H,22,25). The first kappa shape index (κ1) is 19.7. The average molecular weight is 456 g/mol. The summed E-state index contributed by atoms with van der Waals surface area (Å²) in [6, 6.07) is 4.13. The van der Waals surface area contributed by atoms with Crippen LogP contribution in [0.3, 0.4) is 0 Å². The van der Waals surface area contributed by atoms with Gasteiger partial charge in [0.2, 0.25) is 5.91 Å². The molecule has 4 rings (SSSR count). The molecule has 0 atom stereocenters. The molecule has 6 nitrogen and oxygen atoms in total. The second kappa shape index (κ2) is 8.81. The van der Waals surface area contributed by atoms with Crippen LogP contribution in [0.15, 0.2) is 29.6 Å². The maximum Gasteiger partial charge on any atom is 0.234 e. The van der Waals surface area contributed by atoms with E-state index in [1.54, 1.807) is 11.3 Å². The summed E-state index contributed by atoms with van der Waals surface area (Å²) in [5.74, 6) is 1.38. The zero-order valence-electron chi connectivity index (χ0n) is 14.5. The van der Waals surface area contributed by atoms with Gasteiger partial charge in [0, 0.05) is 29.6 Å². The van der Waals surface area contributed by atoms with E-state index in [0.717, 1.165) is 40.5 Å². The van der Waals surface area contributed by atoms with Gasteiger partial charge in [0.1, 0.15) is 21.9 Å². The van der Waals surface area contributed by atoms with Crippen LogP contribution in [0, 0.1) is 5.82 Å². The highest BCUT2D eigenvalue weighted by Crippen LogP contribution is 2.34. The fraction of sp³-hybridized carbons (Fsp3) is 0.294. The molecule has 2 aromatic heterocycles. The molecule has 11 heteroatoms. The van der Waals surface area contributed by atoms with Gasteiger partial charge < -0.3 is 10.2 Å². The number of rotatable bonds is 5. The molecule has 0 aliphatic carbocycles. The minimum absolute atomic E-state index is 0.0990. The molecule has 1 aliphatic heterocycles. The van der Waals surface area contributed by atoms with Gasteiger partial charge in [0.15, 0.2) is 10.8 Å². The number of thioether (sulfide) groups is 2. The Labute approximate surface area is 178 Å². The quantitative estimate of drug-likeness (QED) is 0.457. The van der Waals surface area contributed by atoms with Gasteiger partial charge in [-0.3, -0.25) is 4.79 Å². The molecule has 0 bridgehead atoms. The second-order valence-electron chi connectivity index (χ2n) is 5.89. The predicted molar refractivity (Wildman–Crippen MR) is 116 cm³/mol. The summed E-state index contributed by atoms with van der Waals surface area (Å²) in [4.78, 5) is 27.6. The van der Waals surface area contributed by atoms with E-state index in [1.165, 1.54) is 30.2 Å². The van der Waals surface area contributed by atoms with Crippen molar-refractivity contribution in [2.24, 2.45) is 0 Å². The van der Waals surface area contributed by atoms with Crippen LogP contribution in [0.25, 0.3) is 10.3 Å². The number of nitrogens with zero attached hydrogens (tertiary/aromatic N) is 4. The summed E-state index contributed by atoms with van der Waals surface area (Å²) >= 11 is 10.5. The fourth-order valence-electron chi connectivity index (χ4n) is 2.63. The van der Waals surface area contributed by atoms with E-state index in [0.29, 0.717) is 10.7 Å². The predicted octanol–water partition coefficient (Wildman–Crippen LogP) is 4.16. The lowest BCUT2D eigenvalue weighted by Gasteiger charge is -2.25. The van der Waals surface area contributed by atoms with E-state index >= 15 is 0 Å². The molecule has 1 N–H and O–H groups in total. The Balaban J connectivity index is 1.45. The van der Waals surface area contributed by atoms with Crippen molar-refractivity contribution in [3.8, 4) is 0 Å². The summed E-state index contributed by atoms with van der Waals surface area (Å²) in [6.07, 6.45) is 1.46. The highest BCUT2D eigenvalue weighted by Gasteiger charge is 2.18.